The van der Waals surface area contributed by atoms with Crippen molar-refractivity contribution in [2.24, 2.45) is 0 Å². The highest BCUT2D eigenvalue weighted by Gasteiger charge is 2.07. The average molecular weight is 355 g/mol. The number of nitrogens with zero attached hydrogens (tertiary/aromatic N) is 2. The number of carbonyl (C=O) groups is 1. The summed E-state index contributed by atoms with van der Waals surface area (Å²) in [5.41, 5.74) is 7.77. The number of ether oxygens (including phenoxy) is 1. The number of benzene rings is 2. The van der Waals surface area contributed by atoms with Crippen LogP contribution in [0.2, 0.25) is 0 Å². The van der Waals surface area contributed by atoms with Crippen LogP contribution in [-0.4, -0.2) is 27.7 Å². The lowest BCUT2D eigenvalue weighted by Gasteiger charge is -2.12. The molecule has 8 heteroatoms. The molecule has 0 unspecified atom stereocenters. The van der Waals surface area contributed by atoms with Gasteiger partial charge in [-0.15, -0.1) is 0 Å². The van der Waals surface area contributed by atoms with Gasteiger partial charge in [0, 0.05) is 5.69 Å². The van der Waals surface area contributed by atoms with Crippen molar-refractivity contribution in [2.45, 2.75) is 6.54 Å². The molecule has 0 radical (unpaired) electrons. The van der Waals surface area contributed by atoms with Crippen LogP contribution in [0, 0.1) is 0 Å². The summed E-state index contributed by atoms with van der Waals surface area (Å²) < 4.78 is 6.86. The maximum absolute atomic E-state index is 12.1. The lowest BCUT2D eigenvalue weighted by molar-refractivity contribution is -0.122. The van der Waals surface area contributed by atoms with Crippen molar-refractivity contribution in [3.63, 3.8) is 0 Å². The minimum Gasteiger partial charge on any atom is -0.497 e. The molecule has 0 fully saturated rings. The summed E-state index contributed by atoms with van der Waals surface area (Å²) in [5, 5.41) is 3.25. The summed E-state index contributed by atoms with van der Waals surface area (Å²) >= 11 is 5.15. The van der Waals surface area contributed by atoms with Crippen molar-refractivity contribution in [1.82, 2.24) is 20.4 Å². The van der Waals surface area contributed by atoms with E-state index in [4.69, 9.17) is 17.0 Å². The number of para-hydroxylation sites is 2. The first kappa shape index (κ1) is 16.7. The zero-order valence-electron chi connectivity index (χ0n) is 13.5. The highest BCUT2D eigenvalue weighted by Crippen LogP contribution is 2.14. The highest BCUT2D eigenvalue weighted by atomic mass is 32.1. The van der Waals surface area contributed by atoms with E-state index in [1.165, 1.54) is 0 Å². The van der Waals surface area contributed by atoms with Crippen molar-refractivity contribution in [3.05, 3.63) is 54.9 Å². The summed E-state index contributed by atoms with van der Waals surface area (Å²) in [4.78, 5) is 16.3. The van der Waals surface area contributed by atoms with E-state index in [-0.39, 0.29) is 17.6 Å². The summed E-state index contributed by atoms with van der Waals surface area (Å²) in [6, 6.07) is 14.9. The number of hydrogen-bond acceptors (Lipinski definition) is 4. The monoisotopic (exact) mass is 355 g/mol. The van der Waals surface area contributed by atoms with Gasteiger partial charge in [0.1, 0.15) is 12.3 Å². The van der Waals surface area contributed by atoms with Crippen LogP contribution in [0.5, 0.6) is 5.75 Å². The Labute approximate surface area is 150 Å². The number of methoxy groups -OCH3 is 1. The van der Waals surface area contributed by atoms with E-state index in [2.05, 4.69) is 21.2 Å². The lowest BCUT2D eigenvalue weighted by atomic mass is 10.3. The summed E-state index contributed by atoms with van der Waals surface area (Å²) in [7, 11) is 1.60. The Bertz CT molecular complexity index is 891. The van der Waals surface area contributed by atoms with Gasteiger partial charge in [-0.3, -0.25) is 15.6 Å². The molecule has 1 aromatic heterocycles. The number of nitrogens with one attached hydrogen (secondary N) is 3. The van der Waals surface area contributed by atoms with Crippen LogP contribution in [0.4, 0.5) is 5.69 Å². The number of imidazole rings is 1. The van der Waals surface area contributed by atoms with Crippen molar-refractivity contribution >= 4 is 40.0 Å². The topological polar surface area (TPSA) is 80.2 Å². The van der Waals surface area contributed by atoms with E-state index >= 15 is 0 Å². The number of hydrazine groups is 1. The fourth-order valence-electron chi connectivity index (χ4n) is 2.29. The average Bonchev–Trinajstić information content (AvgIpc) is 3.04. The number of aromatic nitrogens is 2. The molecule has 3 N–H and O–H groups in total. The Kier molecular flexibility index (Phi) is 5.10. The lowest BCUT2D eigenvalue weighted by Crippen LogP contribution is -2.45. The molecule has 0 bridgehead atoms. The van der Waals surface area contributed by atoms with Gasteiger partial charge >= 0.3 is 0 Å². The van der Waals surface area contributed by atoms with Crippen LogP contribution in [0.25, 0.3) is 11.0 Å². The fourth-order valence-corrected chi connectivity index (χ4v) is 2.46. The molecule has 1 heterocycles. The third-order valence-corrected chi connectivity index (χ3v) is 3.71. The predicted molar refractivity (Wildman–Crippen MR) is 100 cm³/mol. The van der Waals surface area contributed by atoms with Gasteiger partial charge in [0.05, 0.1) is 24.5 Å². The van der Waals surface area contributed by atoms with E-state index in [0.29, 0.717) is 0 Å². The maximum Gasteiger partial charge on any atom is 0.258 e. The predicted octanol–water partition coefficient (Wildman–Crippen LogP) is 2.06. The van der Waals surface area contributed by atoms with Gasteiger partial charge in [0.2, 0.25) is 0 Å². The number of fused-ring (bicyclic) bond motifs is 1. The third kappa shape index (κ3) is 4.24. The Balaban J connectivity index is 1.50. The molecule has 0 aliphatic rings. The summed E-state index contributed by atoms with van der Waals surface area (Å²) in [6.07, 6.45) is 1.64. The van der Waals surface area contributed by atoms with Crippen LogP contribution >= 0.6 is 12.2 Å². The van der Waals surface area contributed by atoms with Crippen LogP contribution < -0.4 is 20.9 Å². The van der Waals surface area contributed by atoms with Gasteiger partial charge in [-0.1, -0.05) is 12.1 Å². The number of rotatable bonds is 4. The van der Waals surface area contributed by atoms with Crippen LogP contribution in [0.15, 0.2) is 54.9 Å². The minimum absolute atomic E-state index is 0.138. The Morgan fingerprint density at radius 2 is 1.92 bits per heavy atom. The molecule has 3 aromatic rings. The second-order valence-corrected chi connectivity index (χ2v) is 5.63. The number of anilines is 1. The summed E-state index contributed by atoms with van der Waals surface area (Å²) in [5.74, 6) is 0.521. The first-order valence-electron chi connectivity index (χ1n) is 7.55. The summed E-state index contributed by atoms with van der Waals surface area (Å²) in [6.45, 7) is 0.138. The first-order valence-corrected chi connectivity index (χ1v) is 7.96. The smallest absolute Gasteiger partial charge is 0.258 e. The molecule has 0 spiro atoms. The molecule has 25 heavy (non-hydrogen) atoms. The fraction of sp³-hybridized carbons (Fsp3) is 0.118. The third-order valence-electron chi connectivity index (χ3n) is 3.50. The van der Waals surface area contributed by atoms with Crippen molar-refractivity contribution in [3.8, 4) is 5.75 Å². The number of amides is 1. The van der Waals surface area contributed by atoms with Crippen molar-refractivity contribution in [1.29, 1.82) is 0 Å². The molecule has 1 amide bonds. The SMILES string of the molecule is COc1ccc(NC(=S)NNC(=O)Cn2cnc3ccccc32)cc1. The number of thiocarbonyl (C=S) groups is 1. The Morgan fingerprint density at radius 1 is 1.16 bits per heavy atom. The molecule has 7 nitrogen and oxygen atoms in total. The van der Waals surface area contributed by atoms with E-state index < -0.39 is 0 Å². The zero-order chi connectivity index (χ0) is 17.6. The maximum atomic E-state index is 12.1. The quantitative estimate of drug-likeness (QED) is 0.491. The molecular weight excluding hydrogens is 338 g/mol. The van der Waals surface area contributed by atoms with Gasteiger partial charge in [0.15, 0.2) is 5.11 Å². The first-order chi connectivity index (χ1) is 12.2. The second kappa shape index (κ2) is 7.63. The van der Waals surface area contributed by atoms with E-state index in [1.54, 1.807) is 18.0 Å². The second-order valence-electron chi connectivity index (χ2n) is 5.22. The molecule has 3 rings (SSSR count). The minimum atomic E-state index is -0.234. The molecule has 2 aromatic carbocycles. The van der Waals surface area contributed by atoms with Gasteiger partial charge < -0.3 is 14.6 Å². The van der Waals surface area contributed by atoms with E-state index in [9.17, 15) is 4.79 Å². The van der Waals surface area contributed by atoms with Gasteiger partial charge in [0.25, 0.3) is 5.91 Å². The van der Waals surface area contributed by atoms with Crippen molar-refractivity contribution in [2.75, 3.05) is 12.4 Å². The standard InChI is InChI=1S/C17H17N5O2S/c1-24-13-8-6-12(7-9-13)19-17(25)21-20-16(23)10-22-11-18-14-4-2-3-5-15(14)22/h2-9,11H,10H2,1H3,(H,20,23)(H2,19,21,25). The number of hydrogen-bond donors (Lipinski definition) is 3. The molecule has 0 saturated heterocycles. The Morgan fingerprint density at radius 3 is 2.68 bits per heavy atom. The number of carbonyl (C=O) groups excluding carboxylic acids is 1. The largest absolute Gasteiger partial charge is 0.497 e. The molecular formula is C17H17N5O2S. The van der Waals surface area contributed by atoms with Crippen LogP contribution in [0.1, 0.15) is 0 Å². The van der Waals surface area contributed by atoms with Gasteiger partial charge in [-0.05, 0) is 48.6 Å². The normalized spacial score (nSPS) is 10.3. The molecule has 0 saturated carbocycles. The Hall–Kier alpha value is -3.13. The zero-order valence-corrected chi connectivity index (χ0v) is 14.3. The van der Waals surface area contributed by atoms with Gasteiger partial charge in [-0.25, -0.2) is 4.98 Å². The van der Waals surface area contributed by atoms with E-state index in [1.807, 2.05) is 48.5 Å². The van der Waals surface area contributed by atoms with Gasteiger partial charge in [-0.2, -0.15) is 0 Å². The van der Waals surface area contributed by atoms with Crippen LogP contribution in [0.3, 0.4) is 0 Å². The highest BCUT2D eigenvalue weighted by molar-refractivity contribution is 7.80. The molecule has 0 atom stereocenters. The van der Waals surface area contributed by atoms with Crippen molar-refractivity contribution < 1.29 is 9.53 Å². The van der Waals surface area contributed by atoms with E-state index in [0.717, 1.165) is 22.5 Å². The van der Waals surface area contributed by atoms with Crippen LogP contribution in [-0.2, 0) is 11.3 Å². The molecule has 128 valence electrons. The molecule has 0 aliphatic heterocycles. The molecule has 0 aliphatic carbocycles.